The van der Waals surface area contributed by atoms with Gasteiger partial charge in [0.25, 0.3) is 5.56 Å². The Morgan fingerprint density at radius 3 is 3.00 bits per heavy atom. The Morgan fingerprint density at radius 1 is 1.41 bits per heavy atom. The van der Waals surface area contributed by atoms with E-state index in [9.17, 15) is 4.79 Å². The molecular weight excluding hydrogens is 398 g/mol. The molecule has 4 aromatic rings. The molecule has 0 aliphatic carbocycles. The van der Waals surface area contributed by atoms with Crippen LogP contribution in [0.15, 0.2) is 45.5 Å². The first-order chi connectivity index (χ1) is 13.1. The third kappa shape index (κ3) is 3.38. The fourth-order valence-electron chi connectivity index (χ4n) is 2.77. The molecule has 0 radical (unpaired) electrons. The van der Waals surface area contributed by atoms with Crippen LogP contribution in [0.4, 0.5) is 0 Å². The molecule has 0 aliphatic rings. The molecule has 0 spiro atoms. The van der Waals surface area contributed by atoms with E-state index in [1.165, 1.54) is 23.1 Å². The van der Waals surface area contributed by atoms with E-state index in [4.69, 9.17) is 4.98 Å². The highest BCUT2D eigenvalue weighted by molar-refractivity contribution is 7.99. The molecule has 0 amide bonds. The van der Waals surface area contributed by atoms with Gasteiger partial charge in [0.2, 0.25) is 0 Å². The van der Waals surface area contributed by atoms with Crippen LogP contribution in [0.5, 0.6) is 0 Å². The Morgan fingerprint density at radius 2 is 2.26 bits per heavy atom. The number of nitrogens with zero attached hydrogens (tertiary/aromatic N) is 4. The predicted molar refractivity (Wildman–Crippen MR) is 113 cm³/mol. The standard InChI is InChI=1S/C18H17N5OS3/c1-4-7-23-11(3)21-22-18(23)27-10(2)15-19-16(24)14-12(9-26-17(14)20-15)13-6-5-8-25-13/h4-6,8-10H,1,7H2,2-3H3,(H,19,20,24)/t10-/m1/s1. The molecule has 6 nitrogen and oxygen atoms in total. The van der Waals surface area contributed by atoms with E-state index >= 15 is 0 Å². The van der Waals surface area contributed by atoms with Crippen molar-refractivity contribution < 1.29 is 0 Å². The van der Waals surface area contributed by atoms with Gasteiger partial charge in [-0.1, -0.05) is 23.9 Å². The minimum atomic E-state index is -0.101. The lowest BCUT2D eigenvalue weighted by Gasteiger charge is -2.11. The third-order valence-electron chi connectivity index (χ3n) is 4.13. The molecule has 0 saturated heterocycles. The molecule has 0 saturated carbocycles. The van der Waals surface area contributed by atoms with Gasteiger partial charge in [0, 0.05) is 22.4 Å². The van der Waals surface area contributed by atoms with Gasteiger partial charge in [-0.3, -0.25) is 4.79 Å². The van der Waals surface area contributed by atoms with E-state index in [2.05, 4.69) is 21.8 Å². The molecule has 1 N–H and O–H groups in total. The highest BCUT2D eigenvalue weighted by Crippen LogP contribution is 2.36. The summed E-state index contributed by atoms with van der Waals surface area (Å²) in [6.07, 6.45) is 1.81. The number of H-pyrrole nitrogens is 1. The number of nitrogens with one attached hydrogen (secondary N) is 1. The van der Waals surface area contributed by atoms with E-state index in [1.807, 2.05) is 47.4 Å². The van der Waals surface area contributed by atoms with Crippen molar-refractivity contribution in [1.29, 1.82) is 0 Å². The van der Waals surface area contributed by atoms with Gasteiger partial charge in [-0.2, -0.15) is 0 Å². The average molecular weight is 416 g/mol. The number of aromatic amines is 1. The van der Waals surface area contributed by atoms with Crippen molar-refractivity contribution in [2.45, 2.75) is 30.8 Å². The highest BCUT2D eigenvalue weighted by atomic mass is 32.2. The first kappa shape index (κ1) is 18.1. The van der Waals surface area contributed by atoms with Crippen molar-refractivity contribution in [2.75, 3.05) is 0 Å². The summed E-state index contributed by atoms with van der Waals surface area (Å²) in [5.41, 5.74) is 0.850. The monoisotopic (exact) mass is 415 g/mol. The third-order valence-corrected chi connectivity index (χ3v) is 6.99. The maximum atomic E-state index is 12.8. The molecule has 0 aromatic carbocycles. The number of hydrogen-bond acceptors (Lipinski definition) is 7. The van der Waals surface area contributed by atoms with E-state index < -0.39 is 0 Å². The fourth-order valence-corrected chi connectivity index (χ4v) is 5.50. The smallest absolute Gasteiger partial charge is 0.260 e. The minimum absolute atomic E-state index is 0.0680. The molecule has 0 bridgehead atoms. The van der Waals surface area contributed by atoms with Crippen LogP contribution in [0.3, 0.4) is 0 Å². The lowest BCUT2D eigenvalue weighted by atomic mass is 10.2. The number of thioether (sulfide) groups is 1. The fraction of sp³-hybridized carbons (Fsp3) is 0.222. The van der Waals surface area contributed by atoms with Crippen molar-refractivity contribution in [3.05, 3.63) is 57.6 Å². The normalized spacial score (nSPS) is 12.5. The number of rotatable bonds is 6. The average Bonchev–Trinajstić information content (AvgIpc) is 3.37. The largest absolute Gasteiger partial charge is 0.309 e. The zero-order chi connectivity index (χ0) is 19.0. The van der Waals surface area contributed by atoms with Gasteiger partial charge in [-0.25, -0.2) is 4.98 Å². The van der Waals surface area contributed by atoms with Gasteiger partial charge in [-0.05, 0) is 25.3 Å². The van der Waals surface area contributed by atoms with Crippen LogP contribution in [-0.2, 0) is 6.54 Å². The molecule has 0 aliphatic heterocycles. The summed E-state index contributed by atoms with van der Waals surface area (Å²) >= 11 is 4.64. The molecule has 0 fully saturated rings. The van der Waals surface area contributed by atoms with Crippen molar-refractivity contribution in [3.8, 4) is 10.4 Å². The zero-order valence-electron chi connectivity index (χ0n) is 14.8. The number of aromatic nitrogens is 5. The zero-order valence-corrected chi connectivity index (χ0v) is 17.2. The van der Waals surface area contributed by atoms with Crippen LogP contribution < -0.4 is 5.56 Å². The molecule has 1 atom stereocenters. The Hall–Kier alpha value is -2.23. The summed E-state index contributed by atoms with van der Waals surface area (Å²) in [6, 6.07) is 4.01. The van der Waals surface area contributed by atoms with E-state index in [-0.39, 0.29) is 10.8 Å². The molecular formula is C18H17N5OS3. The van der Waals surface area contributed by atoms with Crippen LogP contribution in [0.25, 0.3) is 20.7 Å². The number of aryl methyl sites for hydroxylation is 1. The van der Waals surface area contributed by atoms with Gasteiger partial charge in [0.15, 0.2) is 5.16 Å². The van der Waals surface area contributed by atoms with Gasteiger partial charge >= 0.3 is 0 Å². The molecule has 9 heteroatoms. The quantitative estimate of drug-likeness (QED) is 0.366. The first-order valence-corrected chi connectivity index (χ1v) is 10.9. The van der Waals surface area contributed by atoms with Crippen molar-refractivity contribution in [2.24, 2.45) is 0 Å². The Labute approximate surface area is 168 Å². The topological polar surface area (TPSA) is 76.5 Å². The van der Waals surface area contributed by atoms with Crippen molar-refractivity contribution >= 4 is 44.7 Å². The second kappa shape index (κ2) is 7.41. The summed E-state index contributed by atoms with van der Waals surface area (Å²) in [5, 5.41) is 13.8. The van der Waals surface area contributed by atoms with Gasteiger partial charge in [0.05, 0.1) is 10.6 Å². The number of thiophene rings is 2. The Kier molecular flexibility index (Phi) is 4.98. The van der Waals surface area contributed by atoms with Crippen LogP contribution >= 0.6 is 34.4 Å². The van der Waals surface area contributed by atoms with Gasteiger partial charge in [-0.15, -0.1) is 39.4 Å². The van der Waals surface area contributed by atoms with E-state index in [0.29, 0.717) is 17.8 Å². The van der Waals surface area contributed by atoms with Crippen LogP contribution in [0.2, 0.25) is 0 Å². The first-order valence-electron chi connectivity index (χ1n) is 8.31. The second-order valence-electron chi connectivity index (χ2n) is 5.95. The van der Waals surface area contributed by atoms with Crippen molar-refractivity contribution in [3.63, 3.8) is 0 Å². The summed E-state index contributed by atoms with van der Waals surface area (Å²) in [4.78, 5) is 22.3. The summed E-state index contributed by atoms with van der Waals surface area (Å²) in [5.74, 6) is 1.48. The number of fused-ring (bicyclic) bond motifs is 1. The molecule has 0 unspecified atom stereocenters. The molecule has 4 heterocycles. The lowest BCUT2D eigenvalue weighted by Crippen LogP contribution is -2.12. The predicted octanol–water partition coefficient (Wildman–Crippen LogP) is 4.65. The summed E-state index contributed by atoms with van der Waals surface area (Å²) in [7, 11) is 0. The summed E-state index contributed by atoms with van der Waals surface area (Å²) < 4.78 is 1.99. The number of allylic oxidation sites excluding steroid dienone is 1. The maximum Gasteiger partial charge on any atom is 0.260 e. The molecule has 4 rings (SSSR count). The molecule has 138 valence electrons. The van der Waals surface area contributed by atoms with E-state index in [1.54, 1.807) is 11.3 Å². The van der Waals surface area contributed by atoms with Crippen LogP contribution in [0.1, 0.15) is 23.8 Å². The van der Waals surface area contributed by atoms with Crippen molar-refractivity contribution in [1.82, 2.24) is 24.7 Å². The van der Waals surface area contributed by atoms with Crippen LogP contribution in [-0.4, -0.2) is 24.7 Å². The van der Waals surface area contributed by atoms with Gasteiger partial charge in [0.1, 0.15) is 16.5 Å². The Balaban J connectivity index is 1.68. The minimum Gasteiger partial charge on any atom is -0.309 e. The van der Waals surface area contributed by atoms with Gasteiger partial charge < -0.3 is 9.55 Å². The SMILES string of the molecule is C=CCn1c(C)nnc1S[C@H](C)c1nc2scc(-c3cccs3)c2c(=O)[nH]1. The second-order valence-corrected chi connectivity index (χ2v) is 9.06. The highest BCUT2D eigenvalue weighted by Gasteiger charge is 2.19. The summed E-state index contributed by atoms with van der Waals surface area (Å²) in [6.45, 7) is 8.34. The molecule has 4 aromatic heterocycles. The molecule has 27 heavy (non-hydrogen) atoms. The van der Waals surface area contributed by atoms with Crippen LogP contribution in [0, 0.1) is 6.92 Å². The lowest BCUT2D eigenvalue weighted by molar-refractivity contribution is 0.701. The Bertz CT molecular complexity index is 1160. The maximum absolute atomic E-state index is 12.8. The van der Waals surface area contributed by atoms with E-state index in [0.717, 1.165) is 26.3 Å². The number of hydrogen-bond donors (Lipinski definition) is 1.